The van der Waals surface area contributed by atoms with Gasteiger partial charge in [-0.25, -0.2) is 4.79 Å². The Balaban J connectivity index is 2.17. The van der Waals surface area contributed by atoms with Crippen LogP contribution in [-0.2, 0) is 9.47 Å². The van der Waals surface area contributed by atoms with Crippen LogP contribution in [0.25, 0.3) is 0 Å². The lowest BCUT2D eigenvalue weighted by atomic mass is 10.1. The quantitative estimate of drug-likeness (QED) is 0.526. The normalized spacial score (nSPS) is 21.8. The summed E-state index contributed by atoms with van der Waals surface area (Å²) in [6.45, 7) is 1.03. The molecule has 12 heavy (non-hydrogen) atoms. The van der Waals surface area contributed by atoms with Gasteiger partial charge in [-0.3, -0.25) is 0 Å². The van der Waals surface area contributed by atoms with Crippen LogP contribution in [0.2, 0.25) is 0 Å². The van der Waals surface area contributed by atoms with Crippen LogP contribution in [0.15, 0.2) is 0 Å². The molecule has 1 fully saturated rings. The summed E-state index contributed by atoms with van der Waals surface area (Å²) in [5, 5.41) is 0. The van der Waals surface area contributed by atoms with Crippen LogP contribution in [0.5, 0.6) is 0 Å². The first-order valence-corrected chi connectivity index (χ1v) is 4.69. The minimum atomic E-state index is -0.503. The third-order valence-electron chi connectivity index (χ3n) is 1.98. The number of carbonyl (C=O) groups is 1. The molecule has 1 aliphatic rings. The van der Waals surface area contributed by atoms with E-state index in [1.54, 1.807) is 0 Å². The lowest BCUT2D eigenvalue weighted by molar-refractivity contribution is 0.0542. The average Bonchev–Trinajstić information content (AvgIpc) is 2.11. The Bertz CT molecular complexity index is 120. The first-order valence-electron chi connectivity index (χ1n) is 4.69. The highest BCUT2D eigenvalue weighted by Crippen LogP contribution is 2.07. The van der Waals surface area contributed by atoms with Crippen LogP contribution in [-0.4, -0.2) is 19.4 Å². The molecule has 0 aromatic heterocycles. The average molecular weight is 172 g/mol. The molecule has 0 unspecified atom stereocenters. The van der Waals surface area contributed by atoms with Crippen molar-refractivity contribution in [1.82, 2.24) is 0 Å². The highest BCUT2D eigenvalue weighted by atomic mass is 16.7. The number of rotatable bonds is 0. The van der Waals surface area contributed by atoms with Gasteiger partial charge >= 0.3 is 6.16 Å². The molecule has 70 valence electrons. The van der Waals surface area contributed by atoms with Gasteiger partial charge in [0.15, 0.2) is 0 Å². The van der Waals surface area contributed by atoms with Gasteiger partial charge in [0.05, 0.1) is 13.2 Å². The molecule has 0 N–H and O–H groups in total. The Labute approximate surface area is 73.0 Å². The molecule has 1 rings (SSSR count). The van der Waals surface area contributed by atoms with Gasteiger partial charge in [0.2, 0.25) is 0 Å². The van der Waals surface area contributed by atoms with E-state index in [2.05, 4.69) is 0 Å². The smallest absolute Gasteiger partial charge is 0.434 e. The number of cyclic esters (lactones) is 2. The summed E-state index contributed by atoms with van der Waals surface area (Å²) in [6, 6.07) is 0. The maximum absolute atomic E-state index is 10.8. The Morgan fingerprint density at radius 1 is 0.750 bits per heavy atom. The van der Waals surface area contributed by atoms with Gasteiger partial charge in [0, 0.05) is 0 Å². The van der Waals surface area contributed by atoms with E-state index < -0.39 is 6.16 Å². The van der Waals surface area contributed by atoms with Gasteiger partial charge in [-0.2, -0.15) is 0 Å². The summed E-state index contributed by atoms with van der Waals surface area (Å²) < 4.78 is 9.63. The predicted octanol–water partition coefficient (Wildman–Crippen LogP) is 2.49. The Morgan fingerprint density at radius 3 is 1.67 bits per heavy atom. The molecule has 1 saturated heterocycles. The van der Waals surface area contributed by atoms with Gasteiger partial charge < -0.3 is 9.47 Å². The van der Waals surface area contributed by atoms with E-state index in [1.165, 1.54) is 12.8 Å². The van der Waals surface area contributed by atoms with Crippen molar-refractivity contribution in [1.29, 1.82) is 0 Å². The van der Waals surface area contributed by atoms with E-state index in [0.717, 1.165) is 25.7 Å². The molecule has 0 radical (unpaired) electrons. The van der Waals surface area contributed by atoms with E-state index in [9.17, 15) is 4.79 Å². The monoisotopic (exact) mass is 172 g/mol. The van der Waals surface area contributed by atoms with E-state index >= 15 is 0 Å². The third kappa shape index (κ3) is 4.21. The largest absolute Gasteiger partial charge is 0.508 e. The zero-order chi connectivity index (χ0) is 8.65. The minimum Gasteiger partial charge on any atom is -0.434 e. The second kappa shape index (κ2) is 5.86. The van der Waals surface area contributed by atoms with Gasteiger partial charge in [0.1, 0.15) is 0 Å². The summed E-state index contributed by atoms with van der Waals surface area (Å²) >= 11 is 0. The molecule has 0 aromatic rings. The number of ether oxygens (including phenoxy) is 2. The van der Waals surface area contributed by atoms with Crippen LogP contribution in [0.3, 0.4) is 0 Å². The van der Waals surface area contributed by atoms with Crippen molar-refractivity contribution in [3.05, 3.63) is 0 Å². The summed E-state index contributed by atoms with van der Waals surface area (Å²) in [5.74, 6) is 0. The fourth-order valence-corrected chi connectivity index (χ4v) is 1.26. The highest BCUT2D eigenvalue weighted by molar-refractivity contribution is 5.59. The summed E-state index contributed by atoms with van der Waals surface area (Å²) in [7, 11) is 0. The highest BCUT2D eigenvalue weighted by Gasteiger charge is 2.04. The molecule has 1 heterocycles. The van der Waals surface area contributed by atoms with E-state index in [-0.39, 0.29) is 0 Å². The Kier molecular flexibility index (Phi) is 4.57. The Hall–Kier alpha value is -0.730. The minimum absolute atomic E-state index is 0.503. The second-order valence-corrected chi connectivity index (χ2v) is 3.07. The van der Waals surface area contributed by atoms with Gasteiger partial charge in [0.25, 0.3) is 0 Å². The molecule has 0 atom stereocenters. The third-order valence-corrected chi connectivity index (χ3v) is 1.98. The maximum atomic E-state index is 10.8. The van der Waals surface area contributed by atoms with Crippen molar-refractivity contribution in [2.75, 3.05) is 13.2 Å². The van der Waals surface area contributed by atoms with Crippen LogP contribution < -0.4 is 0 Å². The lowest BCUT2D eigenvalue weighted by Crippen LogP contribution is -2.08. The maximum Gasteiger partial charge on any atom is 0.508 e. The van der Waals surface area contributed by atoms with Crippen LogP contribution in [0.4, 0.5) is 4.79 Å². The molecular weight excluding hydrogens is 156 g/mol. The molecule has 3 nitrogen and oxygen atoms in total. The molecule has 1 aliphatic heterocycles. The van der Waals surface area contributed by atoms with Crippen LogP contribution in [0, 0.1) is 0 Å². The molecule has 0 spiro atoms. The molecule has 0 aromatic carbocycles. The van der Waals surface area contributed by atoms with Gasteiger partial charge in [-0.1, -0.05) is 25.7 Å². The van der Waals surface area contributed by atoms with E-state index in [1.807, 2.05) is 0 Å². The summed E-state index contributed by atoms with van der Waals surface area (Å²) in [6.07, 6.45) is 6.25. The second-order valence-electron chi connectivity index (χ2n) is 3.07. The van der Waals surface area contributed by atoms with Crippen molar-refractivity contribution in [3.63, 3.8) is 0 Å². The molecule has 0 aliphatic carbocycles. The number of carbonyl (C=O) groups excluding carboxylic acids is 1. The predicted molar refractivity (Wildman–Crippen MR) is 45.0 cm³/mol. The molecule has 0 saturated carbocycles. The topological polar surface area (TPSA) is 35.5 Å². The SMILES string of the molecule is O=C1OCCCCCCCCO1. The van der Waals surface area contributed by atoms with Crippen molar-refractivity contribution in [2.45, 2.75) is 38.5 Å². The fraction of sp³-hybridized carbons (Fsp3) is 0.889. The molecular formula is C9H16O3. The standard InChI is InChI=1S/C9H16O3/c10-9-11-7-5-3-1-2-4-6-8-12-9/h1-8H2. The first-order chi connectivity index (χ1) is 5.89. The fourth-order valence-electron chi connectivity index (χ4n) is 1.26. The van der Waals surface area contributed by atoms with Crippen molar-refractivity contribution in [3.8, 4) is 0 Å². The zero-order valence-electron chi connectivity index (χ0n) is 7.38. The van der Waals surface area contributed by atoms with Gasteiger partial charge in [-0.15, -0.1) is 0 Å². The zero-order valence-corrected chi connectivity index (χ0v) is 7.38. The first kappa shape index (κ1) is 9.36. The van der Waals surface area contributed by atoms with Crippen LogP contribution in [0.1, 0.15) is 38.5 Å². The molecule has 0 bridgehead atoms. The Morgan fingerprint density at radius 2 is 1.17 bits per heavy atom. The number of hydrogen-bond acceptors (Lipinski definition) is 3. The van der Waals surface area contributed by atoms with Crippen LogP contribution >= 0.6 is 0 Å². The van der Waals surface area contributed by atoms with Crippen molar-refractivity contribution in [2.24, 2.45) is 0 Å². The lowest BCUT2D eigenvalue weighted by Gasteiger charge is -2.03. The summed E-state index contributed by atoms with van der Waals surface area (Å²) in [5.41, 5.74) is 0. The van der Waals surface area contributed by atoms with E-state index in [0.29, 0.717) is 13.2 Å². The van der Waals surface area contributed by atoms with Gasteiger partial charge in [-0.05, 0) is 12.8 Å². The number of hydrogen-bond donors (Lipinski definition) is 0. The van der Waals surface area contributed by atoms with Crippen molar-refractivity contribution >= 4 is 6.16 Å². The molecule has 0 amide bonds. The van der Waals surface area contributed by atoms with Crippen molar-refractivity contribution < 1.29 is 14.3 Å². The molecule has 3 heteroatoms. The van der Waals surface area contributed by atoms with E-state index in [4.69, 9.17) is 9.47 Å². The summed E-state index contributed by atoms with van der Waals surface area (Å²) in [4.78, 5) is 10.8.